The van der Waals surface area contributed by atoms with Crippen molar-refractivity contribution in [2.75, 3.05) is 10.0 Å². The van der Waals surface area contributed by atoms with Crippen LogP contribution in [0.15, 0.2) is 65.6 Å². The number of benzene rings is 3. The second-order valence-electron chi connectivity index (χ2n) is 7.10. The Labute approximate surface area is 191 Å². The van der Waals surface area contributed by atoms with Crippen molar-refractivity contribution in [1.82, 2.24) is 0 Å². The standard InChI is InChI=1S/C22H14ClF3N2O4S/c23-14-3-8-20(29)12(9-14)10-18-17-11-16(6-7-19(17)27-21(18)30)33(31,32)28-15-4-1-13(2-5-15)22(24,25)26/h1-11,28-29H,(H,27,30). The summed E-state index contributed by atoms with van der Waals surface area (Å²) in [4.78, 5) is 12.2. The fraction of sp³-hybridized carbons (Fsp3) is 0.0455. The quantitative estimate of drug-likeness (QED) is 0.426. The number of sulfonamides is 1. The van der Waals surface area contributed by atoms with E-state index in [1.54, 1.807) is 0 Å². The molecule has 0 unspecified atom stereocenters. The molecule has 1 aliphatic rings. The number of rotatable bonds is 4. The van der Waals surface area contributed by atoms with E-state index in [1.807, 2.05) is 0 Å². The van der Waals surface area contributed by atoms with Crippen molar-refractivity contribution < 1.29 is 31.5 Å². The lowest BCUT2D eigenvalue weighted by Crippen LogP contribution is -2.13. The summed E-state index contributed by atoms with van der Waals surface area (Å²) in [6.07, 6.45) is -3.17. The van der Waals surface area contributed by atoms with E-state index < -0.39 is 27.7 Å². The van der Waals surface area contributed by atoms with Crippen LogP contribution in [0.4, 0.5) is 24.5 Å². The van der Waals surface area contributed by atoms with Crippen LogP contribution in [0.1, 0.15) is 16.7 Å². The van der Waals surface area contributed by atoms with E-state index >= 15 is 0 Å². The fourth-order valence-corrected chi connectivity index (χ4v) is 4.48. The first kappa shape index (κ1) is 22.7. The Morgan fingerprint density at radius 2 is 1.70 bits per heavy atom. The Morgan fingerprint density at radius 1 is 1.00 bits per heavy atom. The summed E-state index contributed by atoms with van der Waals surface area (Å²) in [6, 6.07) is 11.7. The highest BCUT2D eigenvalue weighted by Gasteiger charge is 2.30. The zero-order valence-corrected chi connectivity index (χ0v) is 18.0. The number of fused-ring (bicyclic) bond motifs is 1. The highest BCUT2D eigenvalue weighted by atomic mass is 35.5. The molecule has 3 N–H and O–H groups in total. The smallest absolute Gasteiger partial charge is 0.416 e. The van der Waals surface area contributed by atoms with Gasteiger partial charge in [0.25, 0.3) is 15.9 Å². The summed E-state index contributed by atoms with van der Waals surface area (Å²) in [5.74, 6) is -0.629. The molecular formula is C22H14ClF3N2O4S. The molecule has 4 rings (SSSR count). The van der Waals surface area contributed by atoms with Crippen LogP contribution in [0, 0.1) is 0 Å². The van der Waals surface area contributed by atoms with Gasteiger partial charge in [0.1, 0.15) is 5.75 Å². The Balaban J connectivity index is 1.68. The van der Waals surface area contributed by atoms with Crippen molar-refractivity contribution >= 4 is 50.6 Å². The van der Waals surface area contributed by atoms with Crippen LogP contribution in [-0.4, -0.2) is 19.4 Å². The van der Waals surface area contributed by atoms with Gasteiger partial charge in [-0.05, 0) is 66.7 Å². The third kappa shape index (κ3) is 4.67. The van der Waals surface area contributed by atoms with Gasteiger partial charge in [0.15, 0.2) is 0 Å². The molecule has 33 heavy (non-hydrogen) atoms. The van der Waals surface area contributed by atoms with Gasteiger partial charge in [-0.2, -0.15) is 13.2 Å². The van der Waals surface area contributed by atoms with E-state index in [-0.39, 0.29) is 33.0 Å². The molecule has 0 radical (unpaired) electrons. The largest absolute Gasteiger partial charge is 0.507 e. The molecular weight excluding hydrogens is 481 g/mol. The second-order valence-corrected chi connectivity index (χ2v) is 9.22. The molecule has 3 aromatic rings. The number of phenolic OH excluding ortho intramolecular Hbond substituents is 1. The summed E-state index contributed by atoms with van der Waals surface area (Å²) in [6.45, 7) is 0. The first-order valence-corrected chi connectivity index (χ1v) is 11.2. The molecule has 0 aliphatic carbocycles. The molecule has 0 saturated heterocycles. The number of nitrogens with one attached hydrogen (secondary N) is 2. The Hall–Kier alpha value is -3.50. The molecule has 1 amide bonds. The monoisotopic (exact) mass is 494 g/mol. The third-order valence-electron chi connectivity index (χ3n) is 4.84. The van der Waals surface area contributed by atoms with Crippen molar-refractivity contribution in [3.8, 4) is 5.75 Å². The first-order valence-electron chi connectivity index (χ1n) is 9.30. The second kappa shape index (κ2) is 8.13. The van der Waals surface area contributed by atoms with Crippen molar-refractivity contribution in [2.24, 2.45) is 0 Å². The molecule has 6 nitrogen and oxygen atoms in total. The normalized spacial score (nSPS) is 14.8. The van der Waals surface area contributed by atoms with E-state index in [1.165, 1.54) is 42.5 Å². The van der Waals surface area contributed by atoms with Gasteiger partial charge in [-0.25, -0.2) is 8.42 Å². The maximum absolute atomic E-state index is 12.8. The number of anilines is 2. The van der Waals surface area contributed by atoms with Crippen molar-refractivity contribution in [2.45, 2.75) is 11.1 Å². The van der Waals surface area contributed by atoms with E-state index in [4.69, 9.17) is 11.6 Å². The zero-order valence-electron chi connectivity index (χ0n) is 16.4. The Morgan fingerprint density at radius 3 is 2.36 bits per heavy atom. The van der Waals surface area contributed by atoms with Gasteiger partial charge < -0.3 is 10.4 Å². The van der Waals surface area contributed by atoms with E-state index in [0.29, 0.717) is 10.7 Å². The molecule has 0 saturated carbocycles. The summed E-state index contributed by atoms with van der Waals surface area (Å²) in [5.41, 5.74) is 0.0330. The fourth-order valence-electron chi connectivity index (χ4n) is 3.22. The summed E-state index contributed by atoms with van der Waals surface area (Å²) in [7, 11) is -4.18. The number of halogens is 4. The van der Waals surface area contributed by atoms with Crippen molar-refractivity contribution in [3.63, 3.8) is 0 Å². The number of amides is 1. The topological polar surface area (TPSA) is 95.5 Å². The summed E-state index contributed by atoms with van der Waals surface area (Å²) >= 11 is 5.94. The molecule has 1 heterocycles. The Kier molecular flexibility index (Phi) is 5.59. The number of carbonyl (C=O) groups is 1. The Bertz CT molecular complexity index is 1400. The van der Waals surface area contributed by atoms with Crippen LogP contribution < -0.4 is 10.0 Å². The predicted molar refractivity (Wildman–Crippen MR) is 118 cm³/mol. The molecule has 0 spiro atoms. The molecule has 0 aromatic heterocycles. The van der Waals surface area contributed by atoms with Gasteiger partial charge in [-0.3, -0.25) is 9.52 Å². The van der Waals surface area contributed by atoms with Gasteiger partial charge in [-0.1, -0.05) is 11.6 Å². The number of hydrogen-bond acceptors (Lipinski definition) is 4. The number of alkyl halides is 3. The predicted octanol–water partition coefficient (Wildman–Crippen LogP) is 5.36. The van der Waals surface area contributed by atoms with Crippen LogP contribution in [0.25, 0.3) is 11.6 Å². The highest BCUT2D eigenvalue weighted by molar-refractivity contribution is 7.92. The third-order valence-corrected chi connectivity index (χ3v) is 6.45. The SMILES string of the molecule is O=C1Nc2ccc(S(=O)(=O)Nc3ccc(C(F)(F)F)cc3)cc2C1=Cc1cc(Cl)ccc1O. The van der Waals surface area contributed by atoms with Gasteiger partial charge >= 0.3 is 6.18 Å². The van der Waals surface area contributed by atoms with E-state index in [2.05, 4.69) is 10.0 Å². The van der Waals surface area contributed by atoms with Crippen molar-refractivity contribution in [1.29, 1.82) is 0 Å². The maximum Gasteiger partial charge on any atom is 0.416 e. The van der Waals surface area contributed by atoms with E-state index in [9.17, 15) is 31.5 Å². The van der Waals surface area contributed by atoms with Crippen LogP contribution in [0.3, 0.4) is 0 Å². The zero-order chi connectivity index (χ0) is 24.0. The number of hydrogen-bond donors (Lipinski definition) is 3. The lowest BCUT2D eigenvalue weighted by Gasteiger charge is -2.11. The number of phenols is 1. The minimum absolute atomic E-state index is 0.0580. The van der Waals surface area contributed by atoms with Crippen LogP contribution in [0.2, 0.25) is 5.02 Å². The molecule has 0 bridgehead atoms. The minimum Gasteiger partial charge on any atom is -0.507 e. The van der Waals surface area contributed by atoms with E-state index in [0.717, 1.165) is 24.3 Å². The van der Waals surface area contributed by atoms with Crippen LogP contribution in [-0.2, 0) is 21.0 Å². The lowest BCUT2D eigenvalue weighted by atomic mass is 10.0. The first-order chi connectivity index (χ1) is 15.4. The summed E-state index contributed by atoms with van der Waals surface area (Å²) < 4.78 is 66.0. The summed E-state index contributed by atoms with van der Waals surface area (Å²) in [5, 5.41) is 13.0. The minimum atomic E-state index is -4.54. The molecule has 1 aliphatic heterocycles. The average molecular weight is 495 g/mol. The van der Waals surface area contributed by atoms with Gasteiger partial charge in [0.2, 0.25) is 0 Å². The maximum atomic E-state index is 12.8. The van der Waals surface area contributed by atoms with Crippen LogP contribution >= 0.6 is 11.6 Å². The number of carbonyl (C=O) groups excluding carboxylic acids is 1. The van der Waals surface area contributed by atoms with Crippen LogP contribution in [0.5, 0.6) is 5.75 Å². The van der Waals surface area contributed by atoms with Gasteiger partial charge in [-0.15, -0.1) is 0 Å². The average Bonchev–Trinajstić information content (AvgIpc) is 3.04. The molecule has 0 atom stereocenters. The van der Waals surface area contributed by atoms with Crippen molar-refractivity contribution in [3.05, 3.63) is 82.4 Å². The van der Waals surface area contributed by atoms with Gasteiger partial charge in [0.05, 0.1) is 10.5 Å². The van der Waals surface area contributed by atoms with Gasteiger partial charge in [0, 0.05) is 33.1 Å². The molecule has 170 valence electrons. The highest BCUT2D eigenvalue weighted by Crippen LogP contribution is 2.37. The molecule has 11 heteroatoms. The molecule has 0 fully saturated rings. The lowest BCUT2D eigenvalue weighted by molar-refractivity contribution is -0.137. The number of aromatic hydroxyl groups is 1. The molecule has 3 aromatic carbocycles.